The first-order chi connectivity index (χ1) is 13.5. The van der Waals surface area contributed by atoms with E-state index in [4.69, 9.17) is 0 Å². The molecule has 0 spiro atoms. The number of rotatable bonds is 6. The van der Waals surface area contributed by atoms with Gasteiger partial charge in [-0.3, -0.25) is 9.59 Å². The molecule has 2 N–H and O–H groups in total. The van der Waals surface area contributed by atoms with Crippen molar-refractivity contribution in [2.75, 3.05) is 0 Å². The monoisotopic (exact) mass is 381 g/mol. The van der Waals surface area contributed by atoms with Crippen LogP contribution < -0.4 is 10.6 Å². The van der Waals surface area contributed by atoms with Crippen molar-refractivity contribution in [3.63, 3.8) is 0 Å². The average molecular weight is 381 g/mol. The number of carbonyl (C=O) groups is 2. The number of hydrogen-bond acceptors (Lipinski definition) is 3. The van der Waals surface area contributed by atoms with Crippen LogP contribution in [-0.2, 0) is 13.1 Å². The van der Waals surface area contributed by atoms with Gasteiger partial charge in [-0.2, -0.15) is 0 Å². The summed E-state index contributed by atoms with van der Waals surface area (Å²) in [5, 5.41) is 5.26. The fourth-order valence-electron chi connectivity index (χ4n) is 2.53. The van der Waals surface area contributed by atoms with Gasteiger partial charge in [0.1, 0.15) is 23.0 Å². The molecule has 1 aromatic heterocycles. The largest absolute Gasteiger partial charge is 0.347 e. The fourth-order valence-corrected chi connectivity index (χ4v) is 2.53. The standard InChI is InChI=1S/C21H17F2N3O2/c22-16-6-1-4-14(10-16)12-24-20(27)18-8-3-9-19(26-18)21(28)25-13-15-5-2-7-17(23)11-15/h1-11H,12-13H2,(H,24,27)(H,25,28). The summed E-state index contributed by atoms with van der Waals surface area (Å²) in [5.41, 5.74) is 1.35. The second-order valence-electron chi connectivity index (χ2n) is 6.03. The highest BCUT2D eigenvalue weighted by atomic mass is 19.1. The van der Waals surface area contributed by atoms with Gasteiger partial charge in [0.05, 0.1) is 0 Å². The SMILES string of the molecule is O=C(NCc1cccc(F)c1)c1cccc(C(=O)NCc2cccc(F)c2)n1. The Labute approximate surface area is 160 Å². The second-order valence-corrected chi connectivity index (χ2v) is 6.03. The molecule has 7 heteroatoms. The topological polar surface area (TPSA) is 71.1 Å². The van der Waals surface area contributed by atoms with Crippen LogP contribution >= 0.6 is 0 Å². The molecule has 0 aliphatic carbocycles. The number of pyridine rings is 1. The van der Waals surface area contributed by atoms with Crippen molar-refractivity contribution in [1.29, 1.82) is 0 Å². The molecule has 3 aromatic rings. The normalized spacial score (nSPS) is 10.4. The lowest BCUT2D eigenvalue weighted by molar-refractivity contribution is 0.0941. The Hall–Kier alpha value is -3.61. The first kappa shape index (κ1) is 19.2. The summed E-state index contributed by atoms with van der Waals surface area (Å²) in [6, 6.07) is 16.3. The quantitative estimate of drug-likeness (QED) is 0.689. The Kier molecular flexibility index (Phi) is 6.06. The van der Waals surface area contributed by atoms with Gasteiger partial charge in [0.2, 0.25) is 0 Å². The van der Waals surface area contributed by atoms with E-state index in [0.717, 1.165) is 0 Å². The third-order valence-electron chi connectivity index (χ3n) is 3.90. The summed E-state index contributed by atoms with van der Waals surface area (Å²) in [4.78, 5) is 28.6. The van der Waals surface area contributed by atoms with Crippen LogP contribution in [0.25, 0.3) is 0 Å². The van der Waals surface area contributed by atoms with Crippen LogP contribution in [0.3, 0.4) is 0 Å². The maximum atomic E-state index is 13.2. The molecule has 0 atom stereocenters. The Morgan fingerprint density at radius 1 is 0.714 bits per heavy atom. The van der Waals surface area contributed by atoms with Gasteiger partial charge in [0.15, 0.2) is 0 Å². The molecule has 0 saturated carbocycles. The Balaban J connectivity index is 1.60. The van der Waals surface area contributed by atoms with Crippen LogP contribution in [-0.4, -0.2) is 16.8 Å². The number of halogens is 2. The zero-order valence-electron chi connectivity index (χ0n) is 14.8. The van der Waals surface area contributed by atoms with E-state index in [1.165, 1.54) is 36.4 Å². The highest BCUT2D eigenvalue weighted by molar-refractivity contribution is 5.96. The zero-order valence-corrected chi connectivity index (χ0v) is 14.8. The van der Waals surface area contributed by atoms with Gasteiger partial charge in [-0.15, -0.1) is 0 Å². The lowest BCUT2D eigenvalue weighted by Crippen LogP contribution is -2.27. The molecular weight excluding hydrogens is 364 g/mol. The van der Waals surface area contributed by atoms with Crippen molar-refractivity contribution < 1.29 is 18.4 Å². The van der Waals surface area contributed by atoms with Gasteiger partial charge in [-0.05, 0) is 47.5 Å². The van der Waals surface area contributed by atoms with Crippen LogP contribution in [0.4, 0.5) is 8.78 Å². The van der Waals surface area contributed by atoms with E-state index < -0.39 is 11.8 Å². The van der Waals surface area contributed by atoms with Crippen molar-refractivity contribution in [2.24, 2.45) is 0 Å². The third kappa shape index (κ3) is 5.20. The number of nitrogens with zero attached hydrogens (tertiary/aromatic N) is 1. The van der Waals surface area contributed by atoms with Crippen molar-refractivity contribution in [2.45, 2.75) is 13.1 Å². The molecule has 0 saturated heterocycles. The predicted molar refractivity (Wildman–Crippen MR) is 99.4 cm³/mol. The molecule has 142 valence electrons. The minimum Gasteiger partial charge on any atom is -0.347 e. The Bertz CT molecular complexity index is 931. The third-order valence-corrected chi connectivity index (χ3v) is 3.90. The number of hydrogen-bond donors (Lipinski definition) is 2. The molecule has 0 fully saturated rings. The Morgan fingerprint density at radius 3 is 1.57 bits per heavy atom. The van der Waals surface area contributed by atoms with Crippen LogP contribution in [0.1, 0.15) is 32.1 Å². The first-order valence-electron chi connectivity index (χ1n) is 8.53. The van der Waals surface area contributed by atoms with Crippen LogP contribution in [0, 0.1) is 11.6 Å². The van der Waals surface area contributed by atoms with Crippen LogP contribution in [0.2, 0.25) is 0 Å². The summed E-state index contributed by atoms with van der Waals surface area (Å²) in [5.74, 6) is -1.74. The zero-order chi connectivity index (χ0) is 19.9. The van der Waals surface area contributed by atoms with E-state index in [9.17, 15) is 18.4 Å². The minimum absolute atomic E-state index is 0.0646. The molecule has 2 aromatic carbocycles. The van der Waals surface area contributed by atoms with Crippen molar-refractivity contribution in [3.05, 3.63) is 101 Å². The molecule has 5 nitrogen and oxygen atoms in total. The lowest BCUT2D eigenvalue weighted by Gasteiger charge is -2.08. The van der Waals surface area contributed by atoms with Crippen LogP contribution in [0.15, 0.2) is 66.7 Å². The molecule has 0 aliphatic rings. The van der Waals surface area contributed by atoms with E-state index in [-0.39, 0.29) is 36.1 Å². The van der Waals surface area contributed by atoms with Crippen molar-refractivity contribution >= 4 is 11.8 Å². The highest BCUT2D eigenvalue weighted by Crippen LogP contribution is 2.06. The average Bonchev–Trinajstić information content (AvgIpc) is 2.70. The number of benzene rings is 2. The van der Waals surface area contributed by atoms with Gasteiger partial charge >= 0.3 is 0 Å². The maximum absolute atomic E-state index is 13.2. The molecule has 0 bridgehead atoms. The van der Waals surface area contributed by atoms with E-state index in [1.807, 2.05) is 0 Å². The summed E-state index contributed by atoms with van der Waals surface area (Å²) < 4.78 is 26.4. The summed E-state index contributed by atoms with van der Waals surface area (Å²) in [6.45, 7) is 0.266. The molecule has 28 heavy (non-hydrogen) atoms. The number of amides is 2. The van der Waals surface area contributed by atoms with E-state index in [0.29, 0.717) is 11.1 Å². The first-order valence-corrected chi connectivity index (χ1v) is 8.53. The second kappa shape index (κ2) is 8.85. The number of carbonyl (C=O) groups excluding carboxylic acids is 2. The van der Waals surface area contributed by atoms with E-state index >= 15 is 0 Å². The summed E-state index contributed by atoms with van der Waals surface area (Å²) in [6.07, 6.45) is 0. The minimum atomic E-state index is -0.482. The smallest absolute Gasteiger partial charge is 0.270 e. The fraction of sp³-hybridized carbons (Fsp3) is 0.0952. The predicted octanol–water partition coefficient (Wildman–Crippen LogP) is 3.22. The maximum Gasteiger partial charge on any atom is 0.270 e. The highest BCUT2D eigenvalue weighted by Gasteiger charge is 2.12. The molecular formula is C21H17F2N3O2. The molecule has 3 rings (SSSR count). The van der Waals surface area contributed by atoms with E-state index in [2.05, 4.69) is 15.6 Å². The number of nitrogens with one attached hydrogen (secondary N) is 2. The van der Waals surface area contributed by atoms with Crippen LogP contribution in [0.5, 0.6) is 0 Å². The molecule has 2 amide bonds. The van der Waals surface area contributed by atoms with Gasteiger partial charge in [-0.25, -0.2) is 13.8 Å². The van der Waals surface area contributed by atoms with Gasteiger partial charge < -0.3 is 10.6 Å². The molecule has 0 radical (unpaired) electrons. The lowest BCUT2D eigenvalue weighted by atomic mass is 10.2. The molecule has 1 heterocycles. The van der Waals surface area contributed by atoms with Crippen molar-refractivity contribution in [1.82, 2.24) is 15.6 Å². The summed E-state index contributed by atoms with van der Waals surface area (Å²) >= 11 is 0. The molecule has 0 unspecified atom stereocenters. The van der Waals surface area contributed by atoms with Crippen molar-refractivity contribution in [3.8, 4) is 0 Å². The van der Waals surface area contributed by atoms with Gasteiger partial charge in [0, 0.05) is 13.1 Å². The van der Waals surface area contributed by atoms with Gasteiger partial charge in [0.25, 0.3) is 11.8 Å². The van der Waals surface area contributed by atoms with E-state index in [1.54, 1.807) is 30.3 Å². The Morgan fingerprint density at radius 2 is 1.14 bits per heavy atom. The summed E-state index contributed by atoms with van der Waals surface area (Å²) in [7, 11) is 0. The molecule has 0 aliphatic heterocycles. The van der Waals surface area contributed by atoms with Gasteiger partial charge in [-0.1, -0.05) is 30.3 Å². The number of aromatic nitrogens is 1.